The third-order valence-corrected chi connectivity index (χ3v) is 14.9. The van der Waals surface area contributed by atoms with E-state index in [2.05, 4.69) is 229 Å². The van der Waals surface area contributed by atoms with Gasteiger partial charge >= 0.3 is 0 Å². The highest BCUT2D eigenvalue weighted by atomic mass is 35.5. The molecule has 0 aliphatic carbocycles. The molecule has 13 rings (SSSR count). The molecule has 3 nitrogen and oxygen atoms in total. The second-order valence-electron chi connectivity index (χ2n) is 18.3. The van der Waals surface area contributed by atoms with E-state index in [0.717, 1.165) is 33.5 Å². The van der Waals surface area contributed by atoms with E-state index in [9.17, 15) is 0 Å². The summed E-state index contributed by atoms with van der Waals surface area (Å²) in [5.41, 5.74) is 17.9. The zero-order chi connectivity index (χ0) is 42.8. The zero-order valence-electron chi connectivity index (χ0n) is 35.7. The van der Waals surface area contributed by atoms with Crippen LogP contribution in [0.15, 0.2) is 204 Å². The molecule has 0 saturated carbocycles. The van der Waals surface area contributed by atoms with Gasteiger partial charge in [0, 0.05) is 64.7 Å². The Morgan fingerprint density at radius 1 is 0.453 bits per heavy atom. The van der Waals surface area contributed by atoms with Gasteiger partial charge in [0.1, 0.15) is 0 Å². The van der Waals surface area contributed by atoms with Crippen molar-refractivity contribution >= 4 is 107 Å². The lowest BCUT2D eigenvalue weighted by molar-refractivity contribution is 0.590. The van der Waals surface area contributed by atoms with Crippen LogP contribution in [-0.4, -0.2) is 15.8 Å². The maximum absolute atomic E-state index is 7.32. The molecule has 0 bridgehead atoms. The number of anilines is 3. The first-order valence-corrected chi connectivity index (χ1v) is 23.3. The predicted octanol–water partition coefficient (Wildman–Crippen LogP) is 14.3. The molecule has 0 fully saturated rings. The van der Waals surface area contributed by atoms with Gasteiger partial charge in [0.2, 0.25) is 6.71 Å². The lowest BCUT2D eigenvalue weighted by atomic mass is 9.35. The molecular formula is C58H41BClN3S. The summed E-state index contributed by atoms with van der Waals surface area (Å²) in [6.07, 6.45) is 0. The first-order valence-electron chi connectivity index (χ1n) is 22.1. The zero-order valence-corrected chi connectivity index (χ0v) is 37.3. The topological polar surface area (TPSA) is 13.1 Å². The molecule has 0 spiro atoms. The third kappa shape index (κ3) is 5.57. The Bertz CT molecular complexity index is 3620. The average Bonchev–Trinajstić information content (AvgIpc) is 3.84. The number of aromatic nitrogens is 2. The number of fused-ring (bicyclic) bond motifs is 10. The Balaban J connectivity index is 1.09. The van der Waals surface area contributed by atoms with Crippen molar-refractivity contribution in [2.75, 3.05) is 4.90 Å². The van der Waals surface area contributed by atoms with Gasteiger partial charge in [0.15, 0.2) is 0 Å². The lowest BCUT2D eigenvalue weighted by Crippen LogP contribution is -2.59. The van der Waals surface area contributed by atoms with Gasteiger partial charge in [-0.2, -0.15) is 0 Å². The van der Waals surface area contributed by atoms with Crippen molar-refractivity contribution in [3.8, 4) is 22.5 Å². The number of rotatable bonds is 4. The monoisotopic (exact) mass is 857 g/mol. The van der Waals surface area contributed by atoms with E-state index in [0.29, 0.717) is 0 Å². The number of benzene rings is 9. The van der Waals surface area contributed by atoms with Gasteiger partial charge in [0.25, 0.3) is 0 Å². The summed E-state index contributed by atoms with van der Waals surface area (Å²) in [6, 6.07) is 71.7. The molecule has 64 heavy (non-hydrogen) atoms. The first-order chi connectivity index (χ1) is 31.3. The number of hydrogen-bond acceptors (Lipinski definition) is 2. The number of nitrogens with zero attached hydrogens (tertiary/aromatic N) is 3. The fourth-order valence-electron chi connectivity index (χ4n) is 10.7. The fourth-order valence-corrected chi connectivity index (χ4v) is 12.2. The van der Waals surface area contributed by atoms with Gasteiger partial charge < -0.3 is 14.0 Å². The number of hydrogen-bond donors (Lipinski definition) is 0. The summed E-state index contributed by atoms with van der Waals surface area (Å²) in [6.45, 7) is 6.87. The molecule has 2 aromatic heterocycles. The van der Waals surface area contributed by atoms with Crippen LogP contribution in [0.5, 0.6) is 0 Å². The molecule has 0 N–H and O–H groups in total. The van der Waals surface area contributed by atoms with Crippen molar-refractivity contribution < 1.29 is 0 Å². The van der Waals surface area contributed by atoms with E-state index < -0.39 is 0 Å². The van der Waals surface area contributed by atoms with Crippen molar-refractivity contribution in [2.45, 2.75) is 36.0 Å². The van der Waals surface area contributed by atoms with E-state index in [4.69, 9.17) is 11.6 Å². The largest absolute Gasteiger partial charge is 0.311 e. The second-order valence-corrected chi connectivity index (χ2v) is 19.8. The summed E-state index contributed by atoms with van der Waals surface area (Å²) >= 11 is 9.16. The molecule has 4 heterocycles. The summed E-state index contributed by atoms with van der Waals surface area (Å²) in [5, 5.41) is 5.74. The van der Waals surface area contributed by atoms with Crippen LogP contribution in [-0.2, 0) is 5.41 Å². The summed E-state index contributed by atoms with van der Waals surface area (Å²) < 4.78 is 4.86. The molecule has 0 amide bonds. The highest BCUT2D eigenvalue weighted by Gasteiger charge is 2.42. The highest BCUT2D eigenvalue weighted by Crippen LogP contribution is 2.48. The van der Waals surface area contributed by atoms with E-state index in [1.54, 1.807) is 0 Å². The molecule has 0 unspecified atom stereocenters. The predicted molar refractivity (Wildman–Crippen MR) is 274 cm³/mol. The van der Waals surface area contributed by atoms with Crippen LogP contribution in [0.4, 0.5) is 17.1 Å². The van der Waals surface area contributed by atoms with Gasteiger partial charge in [-0.15, -0.1) is 0 Å². The quantitative estimate of drug-likeness (QED) is 0.164. The van der Waals surface area contributed by atoms with Crippen LogP contribution >= 0.6 is 23.4 Å². The van der Waals surface area contributed by atoms with Crippen molar-refractivity contribution in [3.63, 3.8) is 0 Å². The summed E-state index contributed by atoms with van der Waals surface area (Å²) in [7, 11) is 0. The smallest absolute Gasteiger partial charge is 0.249 e. The van der Waals surface area contributed by atoms with Crippen LogP contribution in [0.25, 0.3) is 66.1 Å². The fraction of sp³-hybridized carbons (Fsp3) is 0.0690. The minimum Gasteiger partial charge on any atom is -0.311 e. The number of para-hydroxylation sites is 4. The Morgan fingerprint density at radius 2 is 0.984 bits per heavy atom. The van der Waals surface area contributed by atoms with Crippen molar-refractivity contribution in [3.05, 3.63) is 205 Å². The van der Waals surface area contributed by atoms with Crippen LogP contribution in [0.2, 0.25) is 5.02 Å². The molecule has 6 heteroatoms. The standard InChI is InChI=1S/C58H41BClN3S/c1-58(2,3)37-25-30-52(45(31-37)36-15-5-4-6-16-36)63-53-34-39(61-48-21-11-7-17-41(48)42-18-8-12-22-49(42)61)26-28-46(53)59-47-29-27-40(35-55(47)64-56-33-38(60)32-54(63)57(56)59)62-50-23-13-9-19-43(50)44-20-10-14-24-51(44)62/h4-35H,1-3H3. The summed E-state index contributed by atoms with van der Waals surface area (Å²) in [4.78, 5) is 4.95. The van der Waals surface area contributed by atoms with E-state index in [1.807, 2.05) is 11.8 Å². The Labute approximate surface area is 382 Å². The van der Waals surface area contributed by atoms with E-state index in [1.165, 1.54) is 86.5 Å². The Morgan fingerprint density at radius 3 is 1.56 bits per heavy atom. The van der Waals surface area contributed by atoms with Crippen molar-refractivity contribution in [2.24, 2.45) is 0 Å². The molecule has 0 saturated heterocycles. The molecule has 304 valence electrons. The minimum absolute atomic E-state index is 0.0156. The van der Waals surface area contributed by atoms with Crippen molar-refractivity contribution in [1.29, 1.82) is 0 Å². The molecule has 0 radical (unpaired) electrons. The maximum Gasteiger partial charge on any atom is 0.249 e. The van der Waals surface area contributed by atoms with Crippen LogP contribution < -0.4 is 21.3 Å². The SMILES string of the molecule is CC(C)(C)c1ccc(N2c3cc(-n4c5ccccc5c5ccccc54)ccc3B3c4ccc(-n5c6ccccc6c6ccccc65)cc4Sc4cc(Cl)cc2c43)c(-c2ccccc2)c1. The summed E-state index contributed by atoms with van der Waals surface area (Å²) in [5.74, 6) is 0. The van der Waals surface area contributed by atoms with Gasteiger partial charge in [0.05, 0.1) is 27.8 Å². The normalized spacial score (nSPS) is 13.2. The molecule has 9 aromatic carbocycles. The molecule has 0 atom stereocenters. The first kappa shape index (κ1) is 37.6. The molecule has 2 aliphatic rings. The molecular weight excluding hydrogens is 817 g/mol. The Hall–Kier alpha value is -6.92. The lowest BCUT2D eigenvalue weighted by Gasteiger charge is -2.41. The van der Waals surface area contributed by atoms with E-state index >= 15 is 0 Å². The second kappa shape index (κ2) is 14.0. The van der Waals surface area contributed by atoms with Crippen molar-refractivity contribution in [1.82, 2.24) is 9.13 Å². The third-order valence-electron chi connectivity index (χ3n) is 13.6. The van der Waals surface area contributed by atoms with Crippen LogP contribution in [0.3, 0.4) is 0 Å². The molecule has 11 aromatic rings. The minimum atomic E-state index is -0.0374. The Kier molecular flexibility index (Phi) is 8.26. The van der Waals surface area contributed by atoms with Gasteiger partial charge in [-0.3, -0.25) is 0 Å². The van der Waals surface area contributed by atoms with Gasteiger partial charge in [-0.25, -0.2) is 0 Å². The van der Waals surface area contributed by atoms with E-state index in [-0.39, 0.29) is 12.1 Å². The number of halogens is 1. The van der Waals surface area contributed by atoms with Gasteiger partial charge in [-0.1, -0.05) is 171 Å². The van der Waals surface area contributed by atoms with Crippen LogP contribution in [0.1, 0.15) is 26.3 Å². The maximum atomic E-state index is 7.32. The molecule has 2 aliphatic heterocycles. The van der Waals surface area contributed by atoms with Gasteiger partial charge in [-0.05, 0) is 100 Å². The van der Waals surface area contributed by atoms with Crippen LogP contribution in [0, 0.1) is 0 Å². The average molecular weight is 858 g/mol. The highest BCUT2D eigenvalue weighted by molar-refractivity contribution is 8.00.